The first-order chi connectivity index (χ1) is 12.1. The summed E-state index contributed by atoms with van der Waals surface area (Å²) in [7, 11) is 0. The van der Waals surface area contributed by atoms with Crippen molar-refractivity contribution in [1.82, 2.24) is 0 Å². The van der Waals surface area contributed by atoms with Gasteiger partial charge in [0.1, 0.15) is 0 Å². The molecule has 2 aliphatic heterocycles. The summed E-state index contributed by atoms with van der Waals surface area (Å²) in [6.07, 6.45) is 3.45. The van der Waals surface area contributed by atoms with Gasteiger partial charge in [0.15, 0.2) is 0 Å². The van der Waals surface area contributed by atoms with Gasteiger partial charge >= 0.3 is 0 Å². The molecule has 25 heavy (non-hydrogen) atoms. The fourth-order valence-corrected chi connectivity index (χ4v) is 3.95. The number of nitrogens with zero attached hydrogens (tertiary/aromatic N) is 1. The minimum absolute atomic E-state index is 0.0835. The fraction of sp³-hybridized carbons (Fsp3) is 0.300. The Hall–Kier alpha value is -2.33. The zero-order valence-electron chi connectivity index (χ0n) is 13.8. The van der Waals surface area contributed by atoms with Gasteiger partial charge in [0.05, 0.1) is 12.1 Å². The number of amides is 2. The maximum Gasteiger partial charge on any atom is 0.228 e. The van der Waals surface area contributed by atoms with E-state index in [4.69, 9.17) is 11.6 Å². The van der Waals surface area contributed by atoms with Crippen LogP contribution in [0.1, 0.15) is 29.5 Å². The van der Waals surface area contributed by atoms with Crippen LogP contribution in [0.3, 0.4) is 0 Å². The summed E-state index contributed by atoms with van der Waals surface area (Å²) < 4.78 is 0. The van der Waals surface area contributed by atoms with Crippen LogP contribution < -0.4 is 10.2 Å². The van der Waals surface area contributed by atoms with Gasteiger partial charge in [-0.05, 0) is 54.2 Å². The molecule has 0 atom stereocenters. The van der Waals surface area contributed by atoms with E-state index in [1.807, 2.05) is 35.2 Å². The highest BCUT2D eigenvalue weighted by Crippen LogP contribution is 2.37. The molecular formula is C20H19ClN2O2. The summed E-state index contributed by atoms with van der Waals surface area (Å²) in [5.41, 5.74) is 5.01. The van der Waals surface area contributed by atoms with E-state index in [9.17, 15) is 9.59 Å². The van der Waals surface area contributed by atoms with Gasteiger partial charge in [0, 0.05) is 23.7 Å². The third-order valence-corrected chi connectivity index (χ3v) is 5.24. The summed E-state index contributed by atoms with van der Waals surface area (Å²) in [6.45, 7) is 0.803. The second-order valence-corrected chi connectivity index (χ2v) is 7.02. The van der Waals surface area contributed by atoms with E-state index in [-0.39, 0.29) is 18.2 Å². The van der Waals surface area contributed by atoms with Gasteiger partial charge in [-0.25, -0.2) is 0 Å². The van der Waals surface area contributed by atoms with Crippen LogP contribution in [0.2, 0.25) is 5.02 Å². The second kappa shape index (κ2) is 6.52. The van der Waals surface area contributed by atoms with Crippen molar-refractivity contribution in [3.8, 4) is 0 Å². The summed E-state index contributed by atoms with van der Waals surface area (Å²) in [4.78, 5) is 26.4. The number of anilines is 2. The topological polar surface area (TPSA) is 49.4 Å². The Kier molecular flexibility index (Phi) is 4.22. The maximum absolute atomic E-state index is 12.4. The van der Waals surface area contributed by atoms with Crippen LogP contribution >= 0.6 is 11.6 Å². The molecule has 2 amide bonds. The average Bonchev–Trinajstić information content (AvgIpc) is 2.60. The third kappa shape index (κ3) is 3.14. The molecule has 0 saturated carbocycles. The van der Waals surface area contributed by atoms with Gasteiger partial charge in [0.2, 0.25) is 11.8 Å². The maximum atomic E-state index is 12.4. The lowest BCUT2D eigenvalue weighted by atomic mass is 9.91. The van der Waals surface area contributed by atoms with Gasteiger partial charge in [-0.2, -0.15) is 0 Å². The van der Waals surface area contributed by atoms with Crippen molar-refractivity contribution in [3.63, 3.8) is 0 Å². The molecule has 2 aromatic rings. The van der Waals surface area contributed by atoms with E-state index in [2.05, 4.69) is 5.32 Å². The molecule has 0 radical (unpaired) electrons. The average molecular weight is 355 g/mol. The van der Waals surface area contributed by atoms with Gasteiger partial charge in [-0.1, -0.05) is 29.8 Å². The van der Waals surface area contributed by atoms with Gasteiger partial charge in [-0.15, -0.1) is 0 Å². The monoisotopic (exact) mass is 354 g/mol. The number of nitrogens with one attached hydrogen (secondary N) is 1. The Bertz CT molecular complexity index is 846. The minimum Gasteiger partial charge on any atom is -0.326 e. The standard InChI is InChI=1S/C20H19ClN2O2/c21-17-6-2-1-4-13(17)12-18(24)22-16-10-14-5-3-9-23-19(25)8-7-15(11-16)20(14)23/h1-2,4,6,10-11H,3,5,7-9,12H2,(H,22,24). The van der Waals surface area contributed by atoms with E-state index in [0.717, 1.165) is 53.9 Å². The number of hydrogen-bond acceptors (Lipinski definition) is 2. The van der Waals surface area contributed by atoms with Crippen LogP contribution in [0.25, 0.3) is 0 Å². The first kappa shape index (κ1) is 16.2. The lowest BCUT2D eigenvalue weighted by Gasteiger charge is -2.35. The predicted molar refractivity (Wildman–Crippen MR) is 99.2 cm³/mol. The molecule has 0 unspecified atom stereocenters. The SMILES string of the molecule is O=C(Cc1ccccc1Cl)Nc1cc2c3c(c1)CCC(=O)N3CCC2. The Morgan fingerprint density at radius 3 is 2.68 bits per heavy atom. The zero-order valence-corrected chi connectivity index (χ0v) is 14.6. The minimum atomic E-state index is -0.0835. The molecule has 0 spiro atoms. The Labute approximate surface area is 151 Å². The summed E-state index contributed by atoms with van der Waals surface area (Å²) in [6, 6.07) is 11.4. The van der Waals surface area contributed by atoms with E-state index < -0.39 is 0 Å². The molecule has 0 fully saturated rings. The van der Waals surface area contributed by atoms with Crippen LogP contribution in [0.4, 0.5) is 11.4 Å². The molecular weight excluding hydrogens is 336 g/mol. The van der Waals surface area contributed by atoms with Crippen LogP contribution in [0.15, 0.2) is 36.4 Å². The first-order valence-electron chi connectivity index (χ1n) is 8.61. The quantitative estimate of drug-likeness (QED) is 0.912. The number of carbonyl (C=O) groups is 2. The number of rotatable bonds is 3. The van der Waals surface area contributed by atoms with E-state index in [1.165, 1.54) is 0 Å². The highest BCUT2D eigenvalue weighted by atomic mass is 35.5. The predicted octanol–water partition coefficient (Wildman–Crippen LogP) is 3.75. The number of hydrogen-bond donors (Lipinski definition) is 1. The van der Waals surface area contributed by atoms with Gasteiger partial charge in [0.25, 0.3) is 0 Å². The lowest BCUT2D eigenvalue weighted by molar-refractivity contribution is -0.119. The molecule has 1 N–H and O–H groups in total. The van der Waals surface area contributed by atoms with Gasteiger partial charge < -0.3 is 10.2 Å². The van der Waals surface area contributed by atoms with Gasteiger partial charge in [-0.3, -0.25) is 9.59 Å². The molecule has 0 aromatic heterocycles. The highest BCUT2D eigenvalue weighted by Gasteiger charge is 2.29. The fourth-order valence-electron chi connectivity index (χ4n) is 3.75. The van der Waals surface area contributed by atoms with Crippen molar-refractivity contribution in [2.45, 2.75) is 32.1 Å². The molecule has 4 rings (SSSR count). The molecule has 0 aliphatic carbocycles. The molecule has 0 bridgehead atoms. The molecule has 2 heterocycles. The number of carbonyl (C=O) groups excluding carboxylic acids is 2. The largest absolute Gasteiger partial charge is 0.326 e. The van der Waals surface area contributed by atoms with E-state index in [0.29, 0.717) is 11.4 Å². The Morgan fingerprint density at radius 1 is 1.12 bits per heavy atom. The second-order valence-electron chi connectivity index (χ2n) is 6.61. The van der Waals surface area contributed by atoms with Crippen LogP contribution in [-0.2, 0) is 28.9 Å². The molecule has 5 heteroatoms. The van der Waals surface area contributed by atoms with Crippen LogP contribution in [0, 0.1) is 0 Å². The summed E-state index contributed by atoms with van der Waals surface area (Å²) in [5.74, 6) is 0.128. The van der Waals surface area contributed by atoms with Crippen molar-refractivity contribution in [2.75, 3.05) is 16.8 Å². The smallest absolute Gasteiger partial charge is 0.228 e. The zero-order chi connectivity index (χ0) is 17.4. The van der Waals surface area contributed by atoms with Crippen LogP contribution in [0.5, 0.6) is 0 Å². The summed E-state index contributed by atoms with van der Waals surface area (Å²) >= 11 is 6.13. The normalized spacial score (nSPS) is 15.7. The number of benzene rings is 2. The molecule has 2 aromatic carbocycles. The van der Waals surface area contributed by atoms with Crippen molar-refractivity contribution in [3.05, 3.63) is 58.1 Å². The van der Waals surface area contributed by atoms with Crippen molar-refractivity contribution < 1.29 is 9.59 Å². The first-order valence-corrected chi connectivity index (χ1v) is 8.99. The van der Waals surface area contributed by atoms with Crippen LogP contribution in [-0.4, -0.2) is 18.4 Å². The number of aryl methyl sites for hydroxylation is 2. The molecule has 0 saturated heterocycles. The third-order valence-electron chi connectivity index (χ3n) is 4.87. The molecule has 4 nitrogen and oxygen atoms in total. The van der Waals surface area contributed by atoms with Crippen molar-refractivity contribution in [1.29, 1.82) is 0 Å². The van der Waals surface area contributed by atoms with E-state index in [1.54, 1.807) is 6.07 Å². The highest BCUT2D eigenvalue weighted by molar-refractivity contribution is 6.31. The van der Waals surface area contributed by atoms with Crippen molar-refractivity contribution in [2.24, 2.45) is 0 Å². The summed E-state index contributed by atoms with van der Waals surface area (Å²) in [5, 5.41) is 3.60. The van der Waals surface area contributed by atoms with E-state index >= 15 is 0 Å². The Morgan fingerprint density at radius 2 is 1.88 bits per heavy atom. The number of halogens is 1. The molecule has 2 aliphatic rings. The lowest BCUT2D eigenvalue weighted by Crippen LogP contribution is -2.39. The Balaban J connectivity index is 1.57. The van der Waals surface area contributed by atoms with Crippen molar-refractivity contribution >= 4 is 34.8 Å². The molecule has 128 valence electrons.